The predicted octanol–water partition coefficient (Wildman–Crippen LogP) is 2.62. The number of nitrogens with one attached hydrogen (secondary N) is 2. The average Bonchev–Trinajstić information content (AvgIpc) is 3.09. The van der Waals surface area contributed by atoms with Crippen LogP contribution in [0.3, 0.4) is 0 Å². The summed E-state index contributed by atoms with van der Waals surface area (Å²) in [5.41, 5.74) is 3.32. The average molecular weight is 295 g/mol. The number of anilines is 2. The minimum absolute atomic E-state index is 0.505. The highest BCUT2D eigenvalue weighted by atomic mass is 16.1. The molecule has 1 aliphatic rings. The summed E-state index contributed by atoms with van der Waals surface area (Å²) < 4.78 is 0. The molecule has 0 radical (unpaired) electrons. The van der Waals surface area contributed by atoms with Gasteiger partial charge in [0.05, 0.1) is 0 Å². The molecule has 1 heterocycles. The molecule has 4 heteroatoms. The van der Waals surface area contributed by atoms with E-state index in [9.17, 15) is 4.79 Å². The third kappa shape index (κ3) is 3.46. The highest BCUT2D eigenvalue weighted by Crippen LogP contribution is 2.24. The molecule has 1 atom stereocenters. The van der Waals surface area contributed by atoms with Crippen molar-refractivity contribution in [3.63, 3.8) is 0 Å². The first-order valence-electron chi connectivity index (χ1n) is 7.68. The summed E-state index contributed by atoms with van der Waals surface area (Å²) >= 11 is 0. The van der Waals surface area contributed by atoms with Crippen LogP contribution in [-0.2, 0) is 11.3 Å². The van der Waals surface area contributed by atoms with Crippen molar-refractivity contribution in [2.75, 3.05) is 23.3 Å². The molecule has 0 aliphatic carbocycles. The Kier molecular flexibility index (Phi) is 4.71. The fourth-order valence-electron chi connectivity index (χ4n) is 2.93. The summed E-state index contributed by atoms with van der Waals surface area (Å²) in [7, 11) is 0. The molecule has 1 fully saturated rings. The van der Waals surface area contributed by atoms with Gasteiger partial charge in [0.2, 0.25) is 6.41 Å². The van der Waals surface area contributed by atoms with Crippen LogP contribution in [0.1, 0.15) is 12.0 Å². The van der Waals surface area contributed by atoms with Gasteiger partial charge < -0.3 is 15.5 Å². The molecule has 0 aromatic heterocycles. The van der Waals surface area contributed by atoms with Crippen molar-refractivity contribution < 1.29 is 4.79 Å². The maximum Gasteiger partial charge on any atom is 0.211 e. The van der Waals surface area contributed by atoms with E-state index in [4.69, 9.17) is 0 Å². The normalized spacial score (nSPS) is 17.2. The number of nitrogens with zero attached hydrogens (tertiary/aromatic N) is 1. The fraction of sp³-hybridized carbons (Fsp3) is 0.278. The van der Waals surface area contributed by atoms with E-state index >= 15 is 0 Å². The quantitative estimate of drug-likeness (QED) is 0.805. The van der Waals surface area contributed by atoms with Crippen molar-refractivity contribution in [1.29, 1.82) is 0 Å². The van der Waals surface area contributed by atoms with Crippen LogP contribution >= 0.6 is 0 Å². The lowest BCUT2D eigenvalue weighted by Crippen LogP contribution is -2.36. The van der Waals surface area contributed by atoms with E-state index in [1.807, 2.05) is 18.2 Å². The molecule has 2 aromatic rings. The van der Waals surface area contributed by atoms with Crippen molar-refractivity contribution >= 4 is 17.8 Å². The number of benzene rings is 2. The van der Waals surface area contributed by atoms with Crippen molar-refractivity contribution in [1.82, 2.24) is 5.32 Å². The molecule has 1 unspecified atom stereocenters. The third-order valence-corrected chi connectivity index (χ3v) is 4.10. The van der Waals surface area contributed by atoms with Gasteiger partial charge in [0.25, 0.3) is 0 Å². The molecular weight excluding hydrogens is 274 g/mol. The van der Waals surface area contributed by atoms with E-state index in [1.54, 1.807) is 0 Å². The Morgan fingerprint density at radius 3 is 2.55 bits per heavy atom. The molecule has 0 saturated carbocycles. The molecule has 1 amide bonds. The largest absolute Gasteiger partial charge is 0.363 e. The van der Waals surface area contributed by atoms with Gasteiger partial charge in [-0.2, -0.15) is 0 Å². The molecule has 4 nitrogen and oxygen atoms in total. The molecule has 2 aromatic carbocycles. The molecule has 1 saturated heterocycles. The standard InChI is InChI=1S/C18H21N3O/c22-14-20-16-6-8-17(9-7-16)21(18-10-11-19-12-18)13-15-4-2-1-3-5-15/h1-9,14,18-19H,10-13H2,(H,20,22). The van der Waals surface area contributed by atoms with Gasteiger partial charge in [-0.1, -0.05) is 30.3 Å². The number of carbonyl (C=O) groups excluding carboxylic acids is 1. The molecule has 1 aliphatic heterocycles. The maximum atomic E-state index is 10.5. The Morgan fingerprint density at radius 2 is 1.91 bits per heavy atom. The Balaban J connectivity index is 1.82. The second-order valence-corrected chi connectivity index (χ2v) is 5.57. The highest BCUT2D eigenvalue weighted by Gasteiger charge is 2.22. The lowest BCUT2D eigenvalue weighted by Gasteiger charge is -2.31. The van der Waals surface area contributed by atoms with E-state index < -0.39 is 0 Å². The number of rotatable bonds is 6. The summed E-state index contributed by atoms with van der Waals surface area (Å²) in [6, 6.07) is 19.1. The van der Waals surface area contributed by atoms with E-state index in [-0.39, 0.29) is 0 Å². The molecular formula is C18H21N3O. The van der Waals surface area contributed by atoms with Crippen molar-refractivity contribution in [3.8, 4) is 0 Å². The molecule has 0 bridgehead atoms. The van der Waals surface area contributed by atoms with Gasteiger partial charge in [0.1, 0.15) is 0 Å². The molecule has 0 spiro atoms. The van der Waals surface area contributed by atoms with Gasteiger partial charge in [-0.3, -0.25) is 4.79 Å². The SMILES string of the molecule is O=CNc1ccc(N(Cc2ccccc2)C2CCNC2)cc1. The highest BCUT2D eigenvalue weighted by molar-refractivity contribution is 5.72. The van der Waals surface area contributed by atoms with E-state index in [0.717, 1.165) is 31.7 Å². The third-order valence-electron chi connectivity index (χ3n) is 4.10. The summed E-state index contributed by atoms with van der Waals surface area (Å²) in [6.45, 7) is 2.98. The van der Waals surface area contributed by atoms with Gasteiger partial charge >= 0.3 is 0 Å². The molecule has 3 rings (SSSR count). The van der Waals surface area contributed by atoms with Crippen LogP contribution in [0.4, 0.5) is 11.4 Å². The van der Waals surface area contributed by atoms with Crippen LogP contribution in [0.25, 0.3) is 0 Å². The van der Waals surface area contributed by atoms with E-state index in [0.29, 0.717) is 12.5 Å². The Morgan fingerprint density at radius 1 is 1.14 bits per heavy atom. The second-order valence-electron chi connectivity index (χ2n) is 5.57. The van der Waals surface area contributed by atoms with Gasteiger partial charge in [0, 0.05) is 30.5 Å². The zero-order valence-corrected chi connectivity index (χ0v) is 12.5. The number of hydrogen-bond acceptors (Lipinski definition) is 3. The topological polar surface area (TPSA) is 44.4 Å². The lowest BCUT2D eigenvalue weighted by atomic mass is 10.1. The van der Waals surface area contributed by atoms with E-state index in [2.05, 4.69) is 51.9 Å². The summed E-state index contributed by atoms with van der Waals surface area (Å²) in [5.74, 6) is 0. The fourth-order valence-corrected chi connectivity index (χ4v) is 2.93. The minimum Gasteiger partial charge on any atom is -0.363 e. The van der Waals surface area contributed by atoms with Crippen molar-refractivity contribution in [2.24, 2.45) is 0 Å². The monoisotopic (exact) mass is 295 g/mol. The summed E-state index contributed by atoms with van der Waals surface area (Å²) in [5, 5.41) is 6.12. The van der Waals surface area contributed by atoms with Crippen molar-refractivity contribution in [3.05, 3.63) is 60.2 Å². The second kappa shape index (κ2) is 7.09. The van der Waals surface area contributed by atoms with Crippen molar-refractivity contribution in [2.45, 2.75) is 19.0 Å². The molecule has 114 valence electrons. The Hall–Kier alpha value is -2.33. The van der Waals surface area contributed by atoms with Crippen LogP contribution in [0.2, 0.25) is 0 Å². The Bertz CT molecular complexity index is 591. The number of amides is 1. The molecule has 2 N–H and O–H groups in total. The summed E-state index contributed by atoms with van der Waals surface area (Å²) in [4.78, 5) is 13.0. The van der Waals surface area contributed by atoms with Crippen LogP contribution in [-0.4, -0.2) is 25.5 Å². The molecule has 22 heavy (non-hydrogen) atoms. The van der Waals surface area contributed by atoms with E-state index in [1.165, 1.54) is 11.3 Å². The number of hydrogen-bond donors (Lipinski definition) is 2. The predicted molar refractivity (Wildman–Crippen MR) is 90.0 cm³/mol. The van der Waals surface area contributed by atoms with Crippen LogP contribution in [0.5, 0.6) is 0 Å². The van der Waals surface area contributed by atoms with Gasteiger partial charge in [-0.15, -0.1) is 0 Å². The number of carbonyl (C=O) groups is 1. The van der Waals surface area contributed by atoms with Gasteiger partial charge in [-0.25, -0.2) is 0 Å². The smallest absolute Gasteiger partial charge is 0.211 e. The zero-order valence-electron chi connectivity index (χ0n) is 12.5. The lowest BCUT2D eigenvalue weighted by molar-refractivity contribution is -0.105. The van der Waals surface area contributed by atoms with Gasteiger partial charge in [-0.05, 0) is 42.8 Å². The van der Waals surface area contributed by atoms with Gasteiger partial charge in [0.15, 0.2) is 0 Å². The summed E-state index contributed by atoms with van der Waals surface area (Å²) in [6.07, 6.45) is 1.86. The van der Waals surface area contributed by atoms with Crippen LogP contribution in [0.15, 0.2) is 54.6 Å². The van der Waals surface area contributed by atoms with Crippen LogP contribution in [0, 0.1) is 0 Å². The first-order chi connectivity index (χ1) is 10.9. The maximum absolute atomic E-state index is 10.5. The van der Waals surface area contributed by atoms with Crippen LogP contribution < -0.4 is 15.5 Å². The first-order valence-corrected chi connectivity index (χ1v) is 7.68. The minimum atomic E-state index is 0.505. The zero-order chi connectivity index (χ0) is 15.2. The Labute approximate surface area is 131 Å². The first kappa shape index (κ1) is 14.6.